The van der Waals surface area contributed by atoms with E-state index in [0.29, 0.717) is 17.8 Å². The molecule has 1 heterocycles. The third-order valence-electron chi connectivity index (χ3n) is 4.87. The van der Waals surface area contributed by atoms with Crippen LogP contribution in [0.15, 0.2) is 48.5 Å². The molecule has 1 atom stereocenters. The van der Waals surface area contributed by atoms with E-state index in [-0.39, 0.29) is 30.2 Å². The van der Waals surface area contributed by atoms with Gasteiger partial charge in [0.2, 0.25) is 11.8 Å². The summed E-state index contributed by atoms with van der Waals surface area (Å²) in [5.41, 5.74) is 3.04. The summed E-state index contributed by atoms with van der Waals surface area (Å²) < 4.78 is 0. The minimum absolute atomic E-state index is 0.0481. The summed E-state index contributed by atoms with van der Waals surface area (Å²) in [6.45, 7) is 2.12. The number of benzene rings is 2. The van der Waals surface area contributed by atoms with Gasteiger partial charge in [-0.25, -0.2) is 0 Å². The Bertz CT molecular complexity index is 878. The van der Waals surface area contributed by atoms with E-state index in [2.05, 4.69) is 10.6 Å². The van der Waals surface area contributed by atoms with Gasteiger partial charge in [-0.2, -0.15) is 0 Å². The fourth-order valence-corrected chi connectivity index (χ4v) is 3.55. The second kappa shape index (κ2) is 8.03. The van der Waals surface area contributed by atoms with E-state index >= 15 is 0 Å². The molecule has 2 aromatic rings. The Morgan fingerprint density at radius 3 is 2.52 bits per heavy atom. The first-order chi connectivity index (χ1) is 13.0. The molecule has 1 unspecified atom stereocenters. The number of anilines is 1. The predicted octanol–water partition coefficient (Wildman–Crippen LogP) is 2.52. The van der Waals surface area contributed by atoms with Crippen molar-refractivity contribution in [3.63, 3.8) is 0 Å². The number of carbonyl (C=O) groups excluding carboxylic acids is 3. The Morgan fingerprint density at radius 1 is 1.07 bits per heavy atom. The number of amides is 3. The normalized spacial score (nSPS) is 15.6. The summed E-state index contributed by atoms with van der Waals surface area (Å²) in [4.78, 5) is 38.6. The van der Waals surface area contributed by atoms with E-state index in [0.717, 1.165) is 12.0 Å². The van der Waals surface area contributed by atoms with Crippen molar-refractivity contribution in [3.05, 3.63) is 65.2 Å². The molecule has 1 aliphatic heterocycles. The van der Waals surface area contributed by atoms with E-state index in [1.54, 1.807) is 36.2 Å². The van der Waals surface area contributed by atoms with Crippen LogP contribution >= 0.6 is 0 Å². The van der Waals surface area contributed by atoms with Crippen molar-refractivity contribution >= 4 is 23.4 Å². The lowest BCUT2D eigenvalue weighted by Crippen LogP contribution is -2.40. The van der Waals surface area contributed by atoms with Crippen molar-refractivity contribution in [3.8, 4) is 0 Å². The smallest absolute Gasteiger partial charge is 0.253 e. The van der Waals surface area contributed by atoms with Crippen LogP contribution in [0.5, 0.6) is 0 Å². The minimum atomic E-state index is -0.306. The molecule has 140 valence electrons. The van der Waals surface area contributed by atoms with Crippen molar-refractivity contribution < 1.29 is 14.4 Å². The minimum Gasteiger partial charge on any atom is -0.355 e. The molecule has 0 saturated heterocycles. The largest absolute Gasteiger partial charge is 0.355 e. The van der Waals surface area contributed by atoms with E-state index in [1.807, 2.05) is 24.3 Å². The summed E-state index contributed by atoms with van der Waals surface area (Å²) in [7, 11) is 1.55. The van der Waals surface area contributed by atoms with Gasteiger partial charge >= 0.3 is 0 Å². The Labute approximate surface area is 158 Å². The molecule has 6 nitrogen and oxygen atoms in total. The first-order valence-corrected chi connectivity index (χ1v) is 8.97. The second-order valence-electron chi connectivity index (χ2n) is 6.55. The Kier molecular flexibility index (Phi) is 5.54. The van der Waals surface area contributed by atoms with Gasteiger partial charge in [-0.1, -0.05) is 36.4 Å². The lowest BCUT2D eigenvalue weighted by Gasteiger charge is -2.36. The van der Waals surface area contributed by atoms with Gasteiger partial charge in [-0.05, 0) is 29.7 Å². The van der Waals surface area contributed by atoms with Gasteiger partial charge in [-0.15, -0.1) is 0 Å². The van der Waals surface area contributed by atoms with Crippen LogP contribution < -0.4 is 10.6 Å². The molecule has 2 aromatic carbocycles. The zero-order valence-electron chi connectivity index (χ0n) is 15.5. The van der Waals surface area contributed by atoms with E-state index in [4.69, 9.17) is 0 Å². The number of hydrogen-bond acceptors (Lipinski definition) is 3. The van der Waals surface area contributed by atoms with Gasteiger partial charge in [-0.3, -0.25) is 14.4 Å². The zero-order valence-corrected chi connectivity index (χ0v) is 15.5. The van der Waals surface area contributed by atoms with Crippen LogP contribution in [0, 0.1) is 0 Å². The SMILES string of the molecule is CNC(=O)c1ccccc1NC(=O)CC1c2ccccc2CCN1C(C)=O. The number of para-hydroxylation sites is 1. The van der Waals surface area contributed by atoms with Gasteiger partial charge in [0.1, 0.15) is 0 Å². The van der Waals surface area contributed by atoms with Crippen molar-refractivity contribution in [1.82, 2.24) is 10.2 Å². The van der Waals surface area contributed by atoms with Crippen molar-refractivity contribution in [1.29, 1.82) is 0 Å². The number of nitrogens with zero attached hydrogens (tertiary/aromatic N) is 1. The lowest BCUT2D eigenvalue weighted by atomic mass is 9.90. The first-order valence-electron chi connectivity index (χ1n) is 8.97. The molecule has 3 amide bonds. The monoisotopic (exact) mass is 365 g/mol. The molecular formula is C21H23N3O3. The molecule has 2 N–H and O–H groups in total. The standard InChI is InChI=1S/C21H23N3O3/c1-14(25)24-12-11-15-7-3-4-8-16(15)19(24)13-20(26)23-18-10-6-5-9-17(18)21(27)22-2/h3-10,19H,11-13H2,1-2H3,(H,22,27)(H,23,26). The van der Waals surface area contributed by atoms with Crippen molar-refractivity contribution in [2.24, 2.45) is 0 Å². The van der Waals surface area contributed by atoms with Gasteiger partial charge in [0.25, 0.3) is 5.91 Å². The molecule has 0 radical (unpaired) electrons. The third kappa shape index (κ3) is 4.00. The van der Waals surface area contributed by atoms with E-state index < -0.39 is 0 Å². The van der Waals surface area contributed by atoms with Crippen molar-refractivity contribution in [2.75, 3.05) is 18.9 Å². The van der Waals surface area contributed by atoms with Crippen LogP contribution in [-0.2, 0) is 16.0 Å². The number of hydrogen-bond donors (Lipinski definition) is 2. The zero-order chi connectivity index (χ0) is 19.4. The van der Waals surface area contributed by atoms with Gasteiger partial charge in [0, 0.05) is 20.5 Å². The highest BCUT2D eigenvalue weighted by Crippen LogP contribution is 2.32. The highest BCUT2D eigenvalue weighted by Gasteiger charge is 2.30. The number of fused-ring (bicyclic) bond motifs is 1. The highest BCUT2D eigenvalue weighted by atomic mass is 16.2. The molecular weight excluding hydrogens is 342 g/mol. The maximum atomic E-state index is 12.7. The van der Waals surface area contributed by atoms with E-state index in [1.165, 1.54) is 12.5 Å². The molecule has 0 fully saturated rings. The van der Waals surface area contributed by atoms with Crippen LogP contribution in [-0.4, -0.2) is 36.2 Å². The molecule has 0 bridgehead atoms. The summed E-state index contributed by atoms with van der Waals surface area (Å²) in [6, 6.07) is 14.5. The second-order valence-corrected chi connectivity index (χ2v) is 6.55. The van der Waals surface area contributed by atoms with Crippen LogP contribution in [0.2, 0.25) is 0 Å². The molecule has 1 aliphatic rings. The molecule has 0 spiro atoms. The summed E-state index contributed by atoms with van der Waals surface area (Å²) in [6.07, 6.45) is 0.923. The Morgan fingerprint density at radius 2 is 1.78 bits per heavy atom. The topological polar surface area (TPSA) is 78.5 Å². The Balaban J connectivity index is 1.83. The van der Waals surface area contributed by atoms with E-state index in [9.17, 15) is 14.4 Å². The van der Waals surface area contributed by atoms with Crippen LogP contribution in [0.25, 0.3) is 0 Å². The number of nitrogens with one attached hydrogen (secondary N) is 2. The average Bonchev–Trinajstić information content (AvgIpc) is 2.67. The molecule has 6 heteroatoms. The maximum Gasteiger partial charge on any atom is 0.253 e. The number of carbonyl (C=O) groups is 3. The van der Waals surface area contributed by atoms with Crippen LogP contribution in [0.3, 0.4) is 0 Å². The summed E-state index contributed by atoms with van der Waals surface area (Å²) in [5, 5.41) is 5.39. The molecule has 0 aromatic heterocycles. The quantitative estimate of drug-likeness (QED) is 0.874. The summed E-state index contributed by atoms with van der Waals surface area (Å²) in [5.74, 6) is -0.549. The van der Waals surface area contributed by atoms with Gasteiger partial charge in [0.05, 0.1) is 23.7 Å². The number of rotatable bonds is 4. The van der Waals surface area contributed by atoms with Gasteiger partial charge in [0.15, 0.2) is 0 Å². The lowest BCUT2D eigenvalue weighted by molar-refractivity contribution is -0.132. The van der Waals surface area contributed by atoms with Crippen molar-refractivity contribution in [2.45, 2.75) is 25.8 Å². The molecule has 0 aliphatic carbocycles. The summed E-state index contributed by atoms with van der Waals surface area (Å²) >= 11 is 0. The third-order valence-corrected chi connectivity index (χ3v) is 4.87. The fourth-order valence-electron chi connectivity index (χ4n) is 3.55. The molecule has 3 rings (SSSR count). The average molecular weight is 365 g/mol. The van der Waals surface area contributed by atoms with Crippen LogP contribution in [0.1, 0.15) is 40.9 Å². The molecule has 0 saturated carbocycles. The first kappa shape index (κ1) is 18.6. The maximum absolute atomic E-state index is 12.7. The highest BCUT2D eigenvalue weighted by molar-refractivity contribution is 6.03. The Hall–Kier alpha value is -3.15. The van der Waals surface area contributed by atoms with Gasteiger partial charge < -0.3 is 15.5 Å². The van der Waals surface area contributed by atoms with Crippen LogP contribution in [0.4, 0.5) is 5.69 Å². The predicted molar refractivity (Wildman–Crippen MR) is 103 cm³/mol. The molecule has 27 heavy (non-hydrogen) atoms. The fraction of sp³-hybridized carbons (Fsp3) is 0.286.